The Morgan fingerprint density at radius 1 is 1.12 bits per heavy atom. The van der Waals surface area contributed by atoms with Crippen LogP contribution < -0.4 is 5.32 Å². The molecular weight excluding hydrogens is 217 g/mol. The van der Waals surface area contributed by atoms with Crippen molar-refractivity contribution < 1.29 is 13.2 Å². The lowest BCUT2D eigenvalue weighted by Gasteiger charge is -2.36. The van der Waals surface area contributed by atoms with E-state index in [9.17, 15) is 13.2 Å². The monoisotopic (exact) mass is 238 g/mol. The summed E-state index contributed by atoms with van der Waals surface area (Å²) in [5, 5.41) is 3.08. The number of piperazine rings is 1. The van der Waals surface area contributed by atoms with Crippen LogP contribution in [0, 0.1) is 5.92 Å². The van der Waals surface area contributed by atoms with Crippen LogP contribution in [0.3, 0.4) is 0 Å². The van der Waals surface area contributed by atoms with Gasteiger partial charge in [0.05, 0.1) is 0 Å². The summed E-state index contributed by atoms with van der Waals surface area (Å²) in [6.07, 6.45) is -3.23. The fourth-order valence-electron chi connectivity index (χ4n) is 2.04. The number of alkyl halides is 3. The third-order valence-corrected chi connectivity index (χ3v) is 2.99. The van der Waals surface area contributed by atoms with E-state index in [0.29, 0.717) is 38.5 Å². The summed E-state index contributed by atoms with van der Waals surface area (Å²) in [7, 11) is 0. The van der Waals surface area contributed by atoms with Gasteiger partial charge in [-0.25, -0.2) is 0 Å². The minimum atomic E-state index is -4.09. The van der Waals surface area contributed by atoms with Crippen LogP contribution in [-0.4, -0.2) is 43.3 Å². The van der Waals surface area contributed by atoms with Crippen LogP contribution in [0.1, 0.15) is 26.7 Å². The van der Waals surface area contributed by atoms with E-state index in [0.717, 1.165) is 0 Å². The predicted molar refractivity (Wildman–Crippen MR) is 58.4 cm³/mol. The van der Waals surface area contributed by atoms with Crippen LogP contribution >= 0.6 is 0 Å². The molecule has 16 heavy (non-hydrogen) atoms. The second-order valence-electron chi connectivity index (χ2n) is 4.81. The fourth-order valence-corrected chi connectivity index (χ4v) is 2.04. The maximum absolute atomic E-state index is 12.9. The Hall–Kier alpha value is -0.290. The first-order chi connectivity index (χ1) is 7.41. The van der Waals surface area contributed by atoms with Gasteiger partial charge in [-0.2, -0.15) is 13.2 Å². The first kappa shape index (κ1) is 13.8. The Balaban J connectivity index is 2.55. The van der Waals surface area contributed by atoms with Crippen molar-refractivity contribution in [3.8, 4) is 0 Å². The quantitative estimate of drug-likeness (QED) is 0.808. The van der Waals surface area contributed by atoms with E-state index >= 15 is 0 Å². The van der Waals surface area contributed by atoms with Gasteiger partial charge in [-0.1, -0.05) is 13.8 Å². The zero-order valence-corrected chi connectivity index (χ0v) is 9.98. The average Bonchev–Trinajstić information content (AvgIpc) is 2.17. The summed E-state index contributed by atoms with van der Waals surface area (Å²) in [6, 6.07) is -1.25. The molecule has 0 unspecified atom stereocenters. The molecule has 0 radical (unpaired) electrons. The third-order valence-electron chi connectivity index (χ3n) is 2.99. The molecule has 0 aliphatic carbocycles. The van der Waals surface area contributed by atoms with Gasteiger partial charge < -0.3 is 5.32 Å². The molecule has 0 aromatic rings. The number of nitrogens with one attached hydrogen (secondary N) is 1. The molecule has 0 saturated carbocycles. The molecule has 1 rings (SSSR count). The zero-order valence-electron chi connectivity index (χ0n) is 9.98. The normalized spacial score (nSPS) is 21.4. The van der Waals surface area contributed by atoms with Crippen molar-refractivity contribution in [2.75, 3.05) is 26.2 Å². The standard InChI is InChI=1S/C11H21F3N2/c1-9(2)3-4-10(11(12,13)14)16-7-5-15-6-8-16/h9-10,15H,3-8H2,1-2H3/t10-/m1/s1. The van der Waals surface area contributed by atoms with Crippen molar-refractivity contribution in [2.45, 2.75) is 38.9 Å². The molecular formula is C11H21F3N2. The molecule has 0 aromatic heterocycles. The first-order valence-corrected chi connectivity index (χ1v) is 5.92. The van der Waals surface area contributed by atoms with Crippen LogP contribution in [0.25, 0.3) is 0 Å². The number of rotatable bonds is 4. The lowest BCUT2D eigenvalue weighted by atomic mass is 10.0. The minimum absolute atomic E-state index is 0.223. The topological polar surface area (TPSA) is 15.3 Å². The molecule has 0 aromatic carbocycles. The molecule has 1 N–H and O–H groups in total. The van der Waals surface area contributed by atoms with Crippen LogP contribution in [0.15, 0.2) is 0 Å². The molecule has 0 amide bonds. The van der Waals surface area contributed by atoms with Gasteiger partial charge in [0.15, 0.2) is 0 Å². The van der Waals surface area contributed by atoms with Crippen molar-refractivity contribution in [1.82, 2.24) is 10.2 Å². The molecule has 2 nitrogen and oxygen atoms in total. The molecule has 1 saturated heterocycles. The number of nitrogens with zero attached hydrogens (tertiary/aromatic N) is 1. The van der Waals surface area contributed by atoms with Crippen molar-refractivity contribution in [3.05, 3.63) is 0 Å². The van der Waals surface area contributed by atoms with Gasteiger partial charge in [-0.05, 0) is 18.8 Å². The molecule has 96 valence electrons. The summed E-state index contributed by atoms with van der Waals surface area (Å²) in [4.78, 5) is 1.57. The predicted octanol–water partition coefficient (Wildman–Crippen LogP) is 2.26. The smallest absolute Gasteiger partial charge is 0.314 e. The van der Waals surface area contributed by atoms with Crippen molar-refractivity contribution in [3.63, 3.8) is 0 Å². The summed E-state index contributed by atoms with van der Waals surface area (Å²) < 4.78 is 38.7. The highest BCUT2D eigenvalue weighted by Gasteiger charge is 2.43. The zero-order chi connectivity index (χ0) is 12.2. The largest absolute Gasteiger partial charge is 0.404 e. The van der Waals surface area contributed by atoms with Gasteiger partial charge in [0.1, 0.15) is 6.04 Å². The Morgan fingerprint density at radius 2 is 1.69 bits per heavy atom. The molecule has 0 bridgehead atoms. The molecule has 1 heterocycles. The van der Waals surface area contributed by atoms with Crippen molar-refractivity contribution in [2.24, 2.45) is 5.92 Å². The molecule has 5 heteroatoms. The van der Waals surface area contributed by atoms with E-state index in [1.807, 2.05) is 13.8 Å². The molecule has 1 atom stereocenters. The van der Waals surface area contributed by atoms with Gasteiger partial charge in [0, 0.05) is 26.2 Å². The lowest BCUT2D eigenvalue weighted by Crippen LogP contribution is -2.53. The van der Waals surface area contributed by atoms with Gasteiger partial charge in [-0.15, -0.1) is 0 Å². The van der Waals surface area contributed by atoms with Crippen molar-refractivity contribution >= 4 is 0 Å². The summed E-state index contributed by atoms with van der Waals surface area (Å²) in [5.41, 5.74) is 0. The summed E-state index contributed by atoms with van der Waals surface area (Å²) >= 11 is 0. The van der Waals surface area contributed by atoms with Crippen LogP contribution in [0.2, 0.25) is 0 Å². The number of halogens is 3. The van der Waals surface area contributed by atoms with E-state index < -0.39 is 12.2 Å². The SMILES string of the molecule is CC(C)CC[C@@H](N1CCNCC1)C(F)(F)F. The van der Waals surface area contributed by atoms with Crippen LogP contribution in [0.5, 0.6) is 0 Å². The highest BCUT2D eigenvalue weighted by molar-refractivity contribution is 4.82. The summed E-state index contributed by atoms with van der Waals surface area (Å²) in [6.45, 7) is 6.25. The lowest BCUT2D eigenvalue weighted by molar-refractivity contribution is -0.187. The van der Waals surface area contributed by atoms with E-state index in [2.05, 4.69) is 5.32 Å². The van der Waals surface area contributed by atoms with Crippen LogP contribution in [-0.2, 0) is 0 Å². The van der Waals surface area contributed by atoms with Gasteiger partial charge >= 0.3 is 6.18 Å². The fraction of sp³-hybridized carbons (Fsp3) is 1.00. The van der Waals surface area contributed by atoms with Gasteiger partial charge in [0.25, 0.3) is 0 Å². The Morgan fingerprint density at radius 3 is 2.12 bits per heavy atom. The molecule has 1 aliphatic rings. The Labute approximate surface area is 95.2 Å². The second-order valence-corrected chi connectivity index (χ2v) is 4.81. The average molecular weight is 238 g/mol. The number of hydrogen-bond acceptors (Lipinski definition) is 2. The second kappa shape index (κ2) is 5.87. The first-order valence-electron chi connectivity index (χ1n) is 5.92. The third kappa shape index (κ3) is 4.29. The van der Waals surface area contributed by atoms with E-state index in [1.165, 1.54) is 0 Å². The van der Waals surface area contributed by atoms with E-state index in [4.69, 9.17) is 0 Å². The van der Waals surface area contributed by atoms with Gasteiger partial charge in [0.2, 0.25) is 0 Å². The number of hydrogen-bond donors (Lipinski definition) is 1. The maximum atomic E-state index is 12.9. The summed E-state index contributed by atoms with van der Waals surface area (Å²) in [5.74, 6) is 0.327. The van der Waals surface area contributed by atoms with Crippen molar-refractivity contribution in [1.29, 1.82) is 0 Å². The molecule has 1 aliphatic heterocycles. The van der Waals surface area contributed by atoms with Gasteiger partial charge in [-0.3, -0.25) is 4.90 Å². The Kier molecular flexibility index (Phi) is 5.05. The molecule has 1 fully saturated rings. The highest BCUT2D eigenvalue weighted by Crippen LogP contribution is 2.29. The maximum Gasteiger partial charge on any atom is 0.404 e. The van der Waals surface area contributed by atoms with E-state index in [-0.39, 0.29) is 6.42 Å². The molecule has 0 spiro atoms. The highest BCUT2D eigenvalue weighted by atomic mass is 19.4. The van der Waals surface area contributed by atoms with E-state index in [1.54, 1.807) is 4.90 Å². The Bertz CT molecular complexity index is 198. The minimum Gasteiger partial charge on any atom is -0.314 e. The van der Waals surface area contributed by atoms with Crippen LogP contribution in [0.4, 0.5) is 13.2 Å².